The summed E-state index contributed by atoms with van der Waals surface area (Å²) in [6.45, 7) is 1.81. The normalized spacial score (nSPS) is 18.6. The second kappa shape index (κ2) is 5.50. The van der Waals surface area contributed by atoms with Crippen LogP contribution in [0.1, 0.15) is 18.5 Å². The van der Waals surface area contributed by atoms with E-state index in [2.05, 4.69) is 20.2 Å². The van der Waals surface area contributed by atoms with Gasteiger partial charge in [-0.05, 0) is 44.6 Å². The third-order valence-electron chi connectivity index (χ3n) is 3.06. The van der Waals surface area contributed by atoms with Crippen molar-refractivity contribution in [2.45, 2.75) is 25.1 Å². The van der Waals surface area contributed by atoms with E-state index >= 15 is 0 Å². The van der Waals surface area contributed by atoms with Gasteiger partial charge in [-0.2, -0.15) is 13.2 Å². The van der Waals surface area contributed by atoms with Gasteiger partial charge in [0.1, 0.15) is 5.82 Å². The van der Waals surface area contributed by atoms with Crippen LogP contribution in [0.5, 0.6) is 0 Å². The minimum Gasteiger partial charge on any atom is -0.367 e. The molecule has 1 N–H and O–H groups in total. The topological polar surface area (TPSA) is 41.0 Å². The Bertz CT molecular complexity index is 444. The largest absolute Gasteiger partial charge is 0.433 e. The number of nitrogens with zero attached hydrogens (tertiary/aromatic N) is 3. The smallest absolute Gasteiger partial charge is 0.367 e. The molecule has 1 fully saturated rings. The molecule has 0 atom stereocenters. The Kier molecular flexibility index (Phi) is 4.15. The minimum atomic E-state index is -4.52. The van der Waals surface area contributed by atoms with Crippen molar-refractivity contribution in [2.75, 3.05) is 25.5 Å². The average molecular weight is 295 g/mol. The summed E-state index contributed by atoms with van der Waals surface area (Å²) in [5.41, 5.74) is -1.03. The number of nitrogens with one attached hydrogen (secondary N) is 1. The van der Waals surface area contributed by atoms with Crippen LogP contribution in [0.3, 0.4) is 0 Å². The van der Waals surface area contributed by atoms with Crippen molar-refractivity contribution in [2.24, 2.45) is 0 Å². The Labute approximate surface area is 114 Å². The van der Waals surface area contributed by atoms with Crippen molar-refractivity contribution in [1.82, 2.24) is 14.9 Å². The molecule has 8 heteroatoms. The molecule has 1 saturated heterocycles. The first-order valence-electron chi connectivity index (χ1n) is 5.91. The number of halogens is 4. The molecular formula is C11H14ClF3N4. The molecule has 0 saturated carbocycles. The summed E-state index contributed by atoms with van der Waals surface area (Å²) in [6, 6.07) is 1.01. The highest BCUT2D eigenvalue weighted by atomic mass is 35.5. The lowest BCUT2D eigenvalue weighted by molar-refractivity contribution is -0.141. The van der Waals surface area contributed by atoms with E-state index in [0.717, 1.165) is 32.0 Å². The molecule has 0 radical (unpaired) electrons. The molecule has 0 aliphatic carbocycles. The average Bonchev–Trinajstić information content (AvgIpc) is 2.30. The number of likely N-dealkylation sites (tertiary alicyclic amines) is 1. The van der Waals surface area contributed by atoms with Gasteiger partial charge in [-0.3, -0.25) is 0 Å². The fraction of sp³-hybridized carbons (Fsp3) is 0.636. The molecule has 1 aromatic heterocycles. The zero-order chi connectivity index (χ0) is 14.0. The summed E-state index contributed by atoms with van der Waals surface area (Å²) >= 11 is 5.53. The maximum atomic E-state index is 12.6. The van der Waals surface area contributed by atoms with Crippen LogP contribution in [0.15, 0.2) is 6.07 Å². The molecule has 106 valence electrons. The number of piperidine rings is 1. The molecule has 1 aliphatic heterocycles. The third-order valence-corrected chi connectivity index (χ3v) is 3.23. The van der Waals surface area contributed by atoms with Crippen molar-refractivity contribution >= 4 is 17.4 Å². The van der Waals surface area contributed by atoms with Crippen LogP contribution in [-0.4, -0.2) is 41.0 Å². The van der Waals surface area contributed by atoms with Gasteiger partial charge in [0.15, 0.2) is 5.69 Å². The number of aromatic nitrogens is 2. The Morgan fingerprint density at radius 1 is 1.32 bits per heavy atom. The Balaban J connectivity index is 2.10. The van der Waals surface area contributed by atoms with Gasteiger partial charge >= 0.3 is 6.18 Å². The fourth-order valence-electron chi connectivity index (χ4n) is 2.00. The SMILES string of the molecule is CN1CCC(Nc2cc(C(F)(F)F)nc(Cl)n2)CC1. The molecule has 1 aromatic rings. The molecule has 0 unspecified atom stereocenters. The van der Waals surface area contributed by atoms with Crippen molar-refractivity contribution in [3.8, 4) is 0 Å². The van der Waals surface area contributed by atoms with Gasteiger partial charge in [0.2, 0.25) is 5.28 Å². The van der Waals surface area contributed by atoms with Crippen LogP contribution in [0.25, 0.3) is 0 Å². The second-order valence-corrected chi connectivity index (χ2v) is 4.97. The van der Waals surface area contributed by atoms with Crippen molar-refractivity contribution in [3.63, 3.8) is 0 Å². The van der Waals surface area contributed by atoms with Gasteiger partial charge < -0.3 is 10.2 Å². The minimum absolute atomic E-state index is 0.114. The number of rotatable bonds is 2. The lowest BCUT2D eigenvalue weighted by Gasteiger charge is -2.29. The van der Waals surface area contributed by atoms with Gasteiger partial charge in [0.05, 0.1) is 0 Å². The predicted molar refractivity (Wildman–Crippen MR) is 66.2 cm³/mol. The van der Waals surface area contributed by atoms with Crippen molar-refractivity contribution in [3.05, 3.63) is 17.0 Å². The summed E-state index contributed by atoms with van der Waals surface area (Å²) < 4.78 is 37.8. The monoisotopic (exact) mass is 294 g/mol. The highest BCUT2D eigenvalue weighted by Gasteiger charge is 2.33. The highest BCUT2D eigenvalue weighted by Crippen LogP contribution is 2.30. The molecule has 2 heterocycles. The summed E-state index contributed by atoms with van der Waals surface area (Å²) in [5, 5.41) is 2.59. The lowest BCUT2D eigenvalue weighted by Crippen LogP contribution is -2.37. The zero-order valence-corrected chi connectivity index (χ0v) is 11.1. The summed E-state index contributed by atoms with van der Waals surface area (Å²) in [5.74, 6) is 0.127. The second-order valence-electron chi connectivity index (χ2n) is 4.63. The van der Waals surface area contributed by atoms with E-state index in [1.54, 1.807) is 0 Å². The van der Waals surface area contributed by atoms with Gasteiger partial charge in [-0.25, -0.2) is 9.97 Å². The first-order chi connectivity index (χ1) is 8.84. The van der Waals surface area contributed by atoms with E-state index in [9.17, 15) is 13.2 Å². The van der Waals surface area contributed by atoms with Crippen LogP contribution in [-0.2, 0) is 6.18 Å². The standard InChI is InChI=1S/C11H14ClF3N4/c1-19-4-2-7(3-5-19)16-9-6-8(11(13,14)15)17-10(12)18-9/h6-7H,2-5H2,1H3,(H,16,17,18). The molecule has 4 nitrogen and oxygen atoms in total. The molecule has 0 amide bonds. The molecule has 19 heavy (non-hydrogen) atoms. The summed E-state index contributed by atoms with van der Waals surface area (Å²) in [4.78, 5) is 9.15. The molecule has 0 aromatic carbocycles. The first-order valence-corrected chi connectivity index (χ1v) is 6.29. The summed E-state index contributed by atoms with van der Waals surface area (Å²) in [7, 11) is 2.01. The van der Waals surface area contributed by atoms with Crippen LogP contribution in [0.2, 0.25) is 5.28 Å². The first kappa shape index (κ1) is 14.3. The highest BCUT2D eigenvalue weighted by molar-refractivity contribution is 6.28. The quantitative estimate of drug-likeness (QED) is 0.852. The van der Waals surface area contributed by atoms with E-state index in [4.69, 9.17) is 11.6 Å². The van der Waals surface area contributed by atoms with E-state index in [-0.39, 0.29) is 11.9 Å². The Hall–Kier alpha value is -1.08. The van der Waals surface area contributed by atoms with Crippen LogP contribution >= 0.6 is 11.6 Å². The van der Waals surface area contributed by atoms with Crippen molar-refractivity contribution in [1.29, 1.82) is 0 Å². The number of hydrogen-bond donors (Lipinski definition) is 1. The van der Waals surface area contributed by atoms with Gasteiger partial charge in [0, 0.05) is 12.1 Å². The maximum absolute atomic E-state index is 12.6. The lowest BCUT2D eigenvalue weighted by atomic mass is 10.1. The zero-order valence-electron chi connectivity index (χ0n) is 10.3. The van der Waals surface area contributed by atoms with Gasteiger partial charge in [-0.15, -0.1) is 0 Å². The van der Waals surface area contributed by atoms with E-state index in [1.807, 2.05) is 7.05 Å². The molecular weight excluding hydrogens is 281 g/mol. The van der Waals surface area contributed by atoms with Gasteiger partial charge in [-0.1, -0.05) is 0 Å². The van der Waals surface area contributed by atoms with E-state index in [1.165, 1.54) is 0 Å². The molecule has 1 aliphatic rings. The molecule has 0 bridgehead atoms. The molecule has 0 spiro atoms. The number of alkyl halides is 3. The van der Waals surface area contributed by atoms with Gasteiger partial charge in [0.25, 0.3) is 0 Å². The van der Waals surface area contributed by atoms with Crippen molar-refractivity contribution < 1.29 is 13.2 Å². The van der Waals surface area contributed by atoms with Crippen LogP contribution in [0, 0.1) is 0 Å². The van der Waals surface area contributed by atoms with Crippen LogP contribution < -0.4 is 5.32 Å². The third kappa shape index (κ3) is 3.94. The van der Waals surface area contributed by atoms with Crippen LogP contribution in [0.4, 0.5) is 19.0 Å². The fourth-order valence-corrected chi connectivity index (χ4v) is 2.18. The maximum Gasteiger partial charge on any atom is 0.433 e. The molecule has 2 rings (SSSR count). The predicted octanol–water partition coefficient (Wildman–Crippen LogP) is 2.65. The summed E-state index contributed by atoms with van der Waals surface area (Å²) in [6.07, 6.45) is -2.80. The number of anilines is 1. The van der Waals surface area contributed by atoms with E-state index in [0.29, 0.717) is 0 Å². The van der Waals surface area contributed by atoms with E-state index < -0.39 is 17.2 Å². The number of hydrogen-bond acceptors (Lipinski definition) is 4. The Morgan fingerprint density at radius 3 is 2.53 bits per heavy atom. The Morgan fingerprint density at radius 2 is 1.95 bits per heavy atom.